The van der Waals surface area contributed by atoms with E-state index < -0.39 is 10.1 Å². The first-order chi connectivity index (χ1) is 11.6. The molecule has 0 N–H and O–H groups in total. The van der Waals surface area contributed by atoms with Crippen LogP contribution in [0.3, 0.4) is 0 Å². The highest BCUT2D eigenvalue weighted by Crippen LogP contribution is 2.19. The number of rotatable bonds is 10. The summed E-state index contributed by atoms with van der Waals surface area (Å²) in [4.78, 5) is 1.53. The van der Waals surface area contributed by atoms with E-state index in [1.165, 1.54) is 4.90 Å². The van der Waals surface area contributed by atoms with E-state index in [1.54, 1.807) is 24.3 Å². The van der Waals surface area contributed by atoms with Gasteiger partial charge >= 0.3 is 0 Å². The average molecular weight is 365 g/mol. The lowest BCUT2D eigenvalue weighted by atomic mass is 10.2. The zero-order chi connectivity index (χ0) is 17.3. The number of hydrogen-bond donors (Lipinski definition) is 0. The fourth-order valence-corrected chi connectivity index (χ4v) is 4.08. The van der Waals surface area contributed by atoms with Crippen LogP contribution < -0.4 is 0 Å². The van der Waals surface area contributed by atoms with Gasteiger partial charge in [0.1, 0.15) is 0 Å². The van der Waals surface area contributed by atoms with E-state index in [2.05, 4.69) is 12.1 Å². The van der Waals surface area contributed by atoms with Crippen LogP contribution in [0.5, 0.6) is 0 Å². The SMILES string of the molecule is Cc1ccc(S(=O)(=O)OCCCCCCSc2ccccc2)cc1. The molecule has 0 aromatic heterocycles. The second-order valence-corrected chi connectivity index (χ2v) is 8.45. The molecular formula is C19H24O3S2. The minimum atomic E-state index is -3.61. The number of hydrogen-bond acceptors (Lipinski definition) is 4. The minimum Gasteiger partial charge on any atom is -0.266 e. The molecule has 2 aromatic carbocycles. The lowest BCUT2D eigenvalue weighted by molar-refractivity contribution is 0.307. The molecule has 0 spiro atoms. The molecule has 2 rings (SSSR count). The summed E-state index contributed by atoms with van der Waals surface area (Å²) in [5, 5.41) is 0. The maximum absolute atomic E-state index is 12.0. The summed E-state index contributed by atoms with van der Waals surface area (Å²) in [6.45, 7) is 2.18. The quantitative estimate of drug-likeness (QED) is 0.336. The van der Waals surface area contributed by atoms with Crippen molar-refractivity contribution in [2.45, 2.75) is 42.4 Å². The number of unbranched alkanes of at least 4 members (excludes halogenated alkanes) is 3. The molecule has 0 atom stereocenters. The van der Waals surface area contributed by atoms with Crippen molar-refractivity contribution in [3.63, 3.8) is 0 Å². The Kier molecular flexibility index (Phi) is 7.82. The Morgan fingerprint density at radius 2 is 1.54 bits per heavy atom. The standard InChI is InChI=1S/C19H24O3S2/c1-17-11-13-19(14-12-17)24(20,21)22-15-7-2-3-8-16-23-18-9-5-4-6-10-18/h4-6,9-14H,2-3,7-8,15-16H2,1H3. The normalized spacial score (nSPS) is 11.5. The molecule has 0 unspecified atom stereocenters. The molecule has 130 valence electrons. The van der Waals surface area contributed by atoms with Crippen molar-refractivity contribution in [1.29, 1.82) is 0 Å². The summed E-state index contributed by atoms with van der Waals surface area (Å²) in [6, 6.07) is 17.1. The Morgan fingerprint density at radius 1 is 0.875 bits per heavy atom. The van der Waals surface area contributed by atoms with Crippen LogP contribution in [-0.2, 0) is 14.3 Å². The maximum atomic E-state index is 12.0. The highest BCUT2D eigenvalue weighted by molar-refractivity contribution is 7.99. The average Bonchev–Trinajstić information content (AvgIpc) is 2.58. The number of aryl methyl sites for hydroxylation is 1. The van der Waals surface area contributed by atoms with E-state index in [0.717, 1.165) is 37.0 Å². The van der Waals surface area contributed by atoms with E-state index in [1.807, 2.05) is 36.9 Å². The van der Waals surface area contributed by atoms with Gasteiger partial charge in [-0.1, -0.05) is 48.7 Å². The molecule has 0 saturated heterocycles. The molecule has 0 bridgehead atoms. The van der Waals surface area contributed by atoms with Gasteiger partial charge in [-0.2, -0.15) is 8.42 Å². The number of benzene rings is 2. The van der Waals surface area contributed by atoms with Crippen molar-refractivity contribution in [2.75, 3.05) is 12.4 Å². The van der Waals surface area contributed by atoms with Gasteiger partial charge in [-0.05, 0) is 49.8 Å². The van der Waals surface area contributed by atoms with Crippen LogP contribution >= 0.6 is 11.8 Å². The predicted molar refractivity (Wildman–Crippen MR) is 100.0 cm³/mol. The third kappa shape index (κ3) is 6.67. The first-order valence-electron chi connectivity index (χ1n) is 8.22. The zero-order valence-corrected chi connectivity index (χ0v) is 15.6. The Balaban J connectivity index is 1.57. The molecule has 0 aliphatic heterocycles. The topological polar surface area (TPSA) is 43.4 Å². The van der Waals surface area contributed by atoms with Gasteiger partial charge in [0.2, 0.25) is 0 Å². The van der Waals surface area contributed by atoms with Crippen molar-refractivity contribution in [1.82, 2.24) is 0 Å². The van der Waals surface area contributed by atoms with Gasteiger partial charge in [0.05, 0.1) is 11.5 Å². The largest absolute Gasteiger partial charge is 0.296 e. The van der Waals surface area contributed by atoms with Crippen molar-refractivity contribution in [2.24, 2.45) is 0 Å². The Bertz CT molecular complexity index is 695. The van der Waals surface area contributed by atoms with Crippen LogP contribution in [0, 0.1) is 6.92 Å². The van der Waals surface area contributed by atoms with Gasteiger partial charge in [-0.25, -0.2) is 0 Å². The van der Waals surface area contributed by atoms with Crippen molar-refractivity contribution < 1.29 is 12.6 Å². The molecule has 0 aliphatic carbocycles. The molecule has 24 heavy (non-hydrogen) atoms. The second-order valence-electron chi connectivity index (χ2n) is 5.66. The van der Waals surface area contributed by atoms with E-state index >= 15 is 0 Å². The van der Waals surface area contributed by atoms with E-state index in [0.29, 0.717) is 0 Å². The van der Waals surface area contributed by atoms with Crippen molar-refractivity contribution >= 4 is 21.9 Å². The molecule has 0 aliphatic rings. The van der Waals surface area contributed by atoms with Gasteiger partial charge in [-0.15, -0.1) is 11.8 Å². The van der Waals surface area contributed by atoms with Crippen LogP contribution in [0.2, 0.25) is 0 Å². The summed E-state index contributed by atoms with van der Waals surface area (Å²) in [7, 11) is -3.61. The smallest absolute Gasteiger partial charge is 0.266 e. The number of thioether (sulfide) groups is 1. The predicted octanol–water partition coefficient (Wildman–Crippen LogP) is 5.05. The highest BCUT2D eigenvalue weighted by atomic mass is 32.2. The lowest BCUT2D eigenvalue weighted by Crippen LogP contribution is -2.07. The van der Waals surface area contributed by atoms with Crippen LogP contribution in [0.1, 0.15) is 31.2 Å². The van der Waals surface area contributed by atoms with Gasteiger partial charge in [0.15, 0.2) is 0 Å². The summed E-state index contributed by atoms with van der Waals surface area (Å²) in [5.41, 5.74) is 1.03. The third-order valence-electron chi connectivity index (χ3n) is 3.60. The Morgan fingerprint density at radius 3 is 2.25 bits per heavy atom. The van der Waals surface area contributed by atoms with Crippen LogP contribution in [0.25, 0.3) is 0 Å². The van der Waals surface area contributed by atoms with Crippen LogP contribution in [0.15, 0.2) is 64.4 Å². The summed E-state index contributed by atoms with van der Waals surface area (Å²) in [5.74, 6) is 1.09. The summed E-state index contributed by atoms with van der Waals surface area (Å²) in [6.07, 6.45) is 3.97. The fourth-order valence-electron chi connectivity index (χ4n) is 2.21. The van der Waals surface area contributed by atoms with E-state index in [9.17, 15) is 8.42 Å². The first-order valence-corrected chi connectivity index (χ1v) is 10.6. The van der Waals surface area contributed by atoms with Crippen molar-refractivity contribution in [3.8, 4) is 0 Å². The van der Waals surface area contributed by atoms with Gasteiger partial charge in [0, 0.05) is 4.90 Å². The molecule has 0 amide bonds. The molecule has 5 heteroatoms. The lowest BCUT2D eigenvalue weighted by Gasteiger charge is -2.06. The van der Waals surface area contributed by atoms with Crippen LogP contribution in [0.4, 0.5) is 0 Å². The summed E-state index contributed by atoms with van der Waals surface area (Å²) >= 11 is 1.86. The van der Waals surface area contributed by atoms with Gasteiger partial charge < -0.3 is 0 Å². The van der Waals surface area contributed by atoms with Gasteiger partial charge in [0.25, 0.3) is 10.1 Å². The third-order valence-corrected chi connectivity index (χ3v) is 6.02. The van der Waals surface area contributed by atoms with E-state index in [4.69, 9.17) is 4.18 Å². The Hall–Kier alpha value is -1.30. The van der Waals surface area contributed by atoms with Crippen LogP contribution in [-0.4, -0.2) is 20.8 Å². The maximum Gasteiger partial charge on any atom is 0.296 e. The molecule has 2 aromatic rings. The minimum absolute atomic E-state index is 0.229. The summed E-state index contributed by atoms with van der Waals surface area (Å²) < 4.78 is 29.1. The molecule has 3 nitrogen and oxygen atoms in total. The monoisotopic (exact) mass is 364 g/mol. The zero-order valence-electron chi connectivity index (χ0n) is 14.0. The molecule has 0 fully saturated rings. The second kappa shape index (κ2) is 9.87. The fraction of sp³-hybridized carbons (Fsp3) is 0.368. The molecule has 0 saturated carbocycles. The molecular weight excluding hydrogens is 340 g/mol. The van der Waals surface area contributed by atoms with Crippen molar-refractivity contribution in [3.05, 3.63) is 60.2 Å². The highest BCUT2D eigenvalue weighted by Gasteiger charge is 2.14. The molecule has 0 radical (unpaired) electrons. The first kappa shape index (κ1) is 19.0. The Labute approximate surface area is 149 Å². The van der Waals surface area contributed by atoms with E-state index in [-0.39, 0.29) is 11.5 Å². The van der Waals surface area contributed by atoms with Gasteiger partial charge in [-0.3, -0.25) is 4.18 Å². The molecule has 0 heterocycles.